The molecular formula is C17H14FN3OS. The van der Waals surface area contributed by atoms with E-state index in [-0.39, 0.29) is 11.7 Å². The van der Waals surface area contributed by atoms with E-state index in [1.165, 1.54) is 17.4 Å². The van der Waals surface area contributed by atoms with Crippen molar-refractivity contribution >= 4 is 17.2 Å². The molecule has 0 aliphatic rings. The summed E-state index contributed by atoms with van der Waals surface area (Å²) in [5.41, 5.74) is 1.50. The third-order valence-electron chi connectivity index (χ3n) is 3.27. The first-order chi connectivity index (χ1) is 11.1. The molecule has 0 saturated heterocycles. The molecule has 0 bridgehead atoms. The van der Waals surface area contributed by atoms with Gasteiger partial charge in [-0.15, -0.1) is 11.3 Å². The van der Waals surface area contributed by atoms with E-state index in [0.29, 0.717) is 22.8 Å². The van der Waals surface area contributed by atoms with Crippen LogP contribution in [0.5, 0.6) is 0 Å². The first-order valence-electron chi connectivity index (χ1n) is 7.05. The lowest BCUT2D eigenvalue weighted by atomic mass is 10.2. The fourth-order valence-electron chi connectivity index (χ4n) is 2.11. The van der Waals surface area contributed by atoms with Crippen molar-refractivity contribution in [3.8, 4) is 10.6 Å². The summed E-state index contributed by atoms with van der Waals surface area (Å²) in [6, 6.07) is 11.9. The van der Waals surface area contributed by atoms with Gasteiger partial charge in [-0.3, -0.25) is 9.78 Å². The van der Waals surface area contributed by atoms with Gasteiger partial charge >= 0.3 is 0 Å². The zero-order valence-corrected chi connectivity index (χ0v) is 13.2. The first kappa shape index (κ1) is 15.3. The molecule has 6 heteroatoms. The smallest absolute Gasteiger partial charge is 0.271 e. The second-order valence-corrected chi connectivity index (χ2v) is 6.11. The Morgan fingerprint density at radius 2 is 2.00 bits per heavy atom. The molecule has 1 aromatic carbocycles. The van der Waals surface area contributed by atoms with E-state index < -0.39 is 0 Å². The summed E-state index contributed by atoms with van der Waals surface area (Å²) in [4.78, 5) is 21.5. The Labute approximate surface area is 137 Å². The quantitative estimate of drug-likeness (QED) is 0.797. The summed E-state index contributed by atoms with van der Waals surface area (Å²) in [5, 5.41) is 3.29. The third-order valence-corrected chi connectivity index (χ3v) is 4.28. The Morgan fingerprint density at radius 3 is 2.74 bits per heavy atom. The van der Waals surface area contributed by atoms with Gasteiger partial charge in [-0.05, 0) is 31.2 Å². The monoisotopic (exact) mass is 327 g/mol. The van der Waals surface area contributed by atoms with E-state index in [4.69, 9.17) is 0 Å². The van der Waals surface area contributed by atoms with Crippen LogP contribution in [0, 0.1) is 12.7 Å². The average Bonchev–Trinajstić information content (AvgIpc) is 2.96. The number of rotatable bonds is 4. The first-order valence-corrected chi connectivity index (χ1v) is 7.87. The Hall–Kier alpha value is -2.60. The molecule has 2 aromatic heterocycles. The Bertz CT molecular complexity index is 833. The molecule has 116 valence electrons. The molecule has 0 unspecified atom stereocenters. The highest BCUT2D eigenvalue weighted by Gasteiger charge is 2.17. The van der Waals surface area contributed by atoms with Gasteiger partial charge in [-0.1, -0.05) is 18.2 Å². The van der Waals surface area contributed by atoms with Crippen molar-refractivity contribution in [1.29, 1.82) is 0 Å². The van der Waals surface area contributed by atoms with Gasteiger partial charge in [0.15, 0.2) is 0 Å². The van der Waals surface area contributed by atoms with Crippen molar-refractivity contribution in [2.24, 2.45) is 0 Å². The summed E-state index contributed by atoms with van der Waals surface area (Å²) >= 11 is 1.30. The van der Waals surface area contributed by atoms with Crippen molar-refractivity contribution in [2.75, 3.05) is 0 Å². The second-order valence-electron chi connectivity index (χ2n) is 4.91. The Morgan fingerprint density at radius 1 is 1.22 bits per heavy atom. The lowest BCUT2D eigenvalue weighted by molar-refractivity contribution is 0.0945. The largest absolute Gasteiger partial charge is 0.345 e. The number of pyridine rings is 1. The number of thiazole rings is 1. The van der Waals surface area contributed by atoms with Crippen LogP contribution in [0.4, 0.5) is 4.39 Å². The van der Waals surface area contributed by atoms with Crippen molar-refractivity contribution in [3.05, 3.63) is 70.7 Å². The zero-order chi connectivity index (χ0) is 16.2. The highest BCUT2D eigenvalue weighted by atomic mass is 32.1. The molecule has 0 spiro atoms. The lowest BCUT2D eigenvalue weighted by Crippen LogP contribution is -2.24. The summed E-state index contributed by atoms with van der Waals surface area (Å²) in [6.07, 6.45) is 1.67. The van der Waals surface area contributed by atoms with Gasteiger partial charge in [0.25, 0.3) is 5.91 Å². The molecule has 23 heavy (non-hydrogen) atoms. The summed E-state index contributed by atoms with van der Waals surface area (Å²) in [5.74, 6) is -0.631. The lowest BCUT2D eigenvalue weighted by Gasteiger charge is -2.03. The van der Waals surface area contributed by atoms with Crippen LogP contribution >= 0.6 is 11.3 Å². The van der Waals surface area contributed by atoms with E-state index in [1.807, 2.05) is 18.2 Å². The Balaban J connectivity index is 1.78. The topological polar surface area (TPSA) is 54.9 Å². The molecule has 3 aromatic rings. The maximum atomic E-state index is 13.8. The van der Waals surface area contributed by atoms with Crippen LogP contribution in [-0.4, -0.2) is 15.9 Å². The second kappa shape index (κ2) is 6.66. The number of hydrogen-bond donors (Lipinski definition) is 1. The van der Waals surface area contributed by atoms with Crippen LogP contribution in [0.1, 0.15) is 21.1 Å². The van der Waals surface area contributed by atoms with E-state index in [2.05, 4.69) is 15.3 Å². The minimum absolute atomic E-state index is 0.285. The number of carbonyl (C=O) groups is 1. The summed E-state index contributed by atoms with van der Waals surface area (Å²) in [6.45, 7) is 2.13. The fraction of sp³-hybridized carbons (Fsp3) is 0.118. The van der Waals surface area contributed by atoms with Crippen LogP contribution in [-0.2, 0) is 6.54 Å². The molecule has 0 radical (unpaired) electrons. The summed E-state index contributed by atoms with van der Waals surface area (Å²) in [7, 11) is 0. The van der Waals surface area contributed by atoms with Crippen LogP contribution in [0.2, 0.25) is 0 Å². The number of amides is 1. The van der Waals surface area contributed by atoms with Crippen LogP contribution in [0.15, 0.2) is 48.7 Å². The van der Waals surface area contributed by atoms with Gasteiger partial charge in [0.05, 0.1) is 12.2 Å². The van der Waals surface area contributed by atoms with Crippen LogP contribution in [0.25, 0.3) is 10.6 Å². The van der Waals surface area contributed by atoms with Gasteiger partial charge in [0.1, 0.15) is 16.5 Å². The molecule has 3 rings (SSSR count). The van der Waals surface area contributed by atoms with Crippen LogP contribution in [0.3, 0.4) is 0 Å². The normalized spacial score (nSPS) is 10.5. The number of benzene rings is 1. The highest BCUT2D eigenvalue weighted by molar-refractivity contribution is 7.15. The highest BCUT2D eigenvalue weighted by Crippen LogP contribution is 2.29. The maximum absolute atomic E-state index is 13.8. The average molecular weight is 327 g/mol. The van der Waals surface area contributed by atoms with Gasteiger partial charge in [0.2, 0.25) is 0 Å². The molecule has 0 atom stereocenters. The van der Waals surface area contributed by atoms with Crippen molar-refractivity contribution in [1.82, 2.24) is 15.3 Å². The predicted octanol–water partition coefficient (Wildman–Crippen LogP) is 3.58. The SMILES string of the molecule is Cc1sc(-c2ccccc2F)nc1C(=O)NCc1ccccn1. The molecular weight excluding hydrogens is 313 g/mol. The zero-order valence-electron chi connectivity index (χ0n) is 12.4. The Kier molecular flexibility index (Phi) is 4.43. The molecule has 1 N–H and O–H groups in total. The van der Waals surface area contributed by atoms with Crippen molar-refractivity contribution in [2.45, 2.75) is 13.5 Å². The molecule has 1 amide bonds. The van der Waals surface area contributed by atoms with Crippen molar-refractivity contribution < 1.29 is 9.18 Å². The molecule has 4 nitrogen and oxygen atoms in total. The molecule has 2 heterocycles. The van der Waals surface area contributed by atoms with Gasteiger partial charge < -0.3 is 5.32 Å². The molecule has 0 fully saturated rings. The molecule has 0 saturated carbocycles. The van der Waals surface area contributed by atoms with Crippen molar-refractivity contribution in [3.63, 3.8) is 0 Å². The maximum Gasteiger partial charge on any atom is 0.271 e. The van der Waals surface area contributed by atoms with E-state index in [0.717, 1.165) is 10.6 Å². The predicted molar refractivity (Wildman–Crippen MR) is 87.7 cm³/mol. The minimum Gasteiger partial charge on any atom is -0.345 e. The number of aromatic nitrogens is 2. The number of nitrogens with zero attached hydrogens (tertiary/aromatic N) is 2. The van der Waals surface area contributed by atoms with Gasteiger partial charge in [-0.2, -0.15) is 0 Å². The standard InChI is InChI=1S/C17H14FN3OS/c1-11-15(16(22)20-10-12-6-4-5-9-19-12)21-17(23-11)13-7-2-3-8-14(13)18/h2-9H,10H2,1H3,(H,20,22). The number of halogens is 1. The number of carbonyl (C=O) groups excluding carboxylic acids is 1. The van der Waals surface area contributed by atoms with E-state index >= 15 is 0 Å². The fourth-order valence-corrected chi connectivity index (χ4v) is 3.05. The van der Waals surface area contributed by atoms with E-state index in [9.17, 15) is 9.18 Å². The van der Waals surface area contributed by atoms with Gasteiger partial charge in [-0.25, -0.2) is 9.37 Å². The number of aryl methyl sites for hydroxylation is 1. The molecule has 0 aliphatic heterocycles. The minimum atomic E-state index is -0.346. The van der Waals surface area contributed by atoms with E-state index in [1.54, 1.807) is 31.3 Å². The molecule has 0 aliphatic carbocycles. The summed E-state index contributed by atoms with van der Waals surface area (Å²) < 4.78 is 13.8. The number of hydrogen-bond acceptors (Lipinski definition) is 4. The third kappa shape index (κ3) is 3.43. The van der Waals surface area contributed by atoms with Crippen LogP contribution < -0.4 is 5.32 Å². The van der Waals surface area contributed by atoms with Gasteiger partial charge in [0, 0.05) is 16.6 Å². The number of nitrogens with one attached hydrogen (secondary N) is 1.